The Morgan fingerprint density at radius 3 is 2.29 bits per heavy atom. The molecule has 0 saturated heterocycles. The van der Waals surface area contributed by atoms with Crippen molar-refractivity contribution in [1.82, 2.24) is 0 Å². The first-order valence-corrected chi connectivity index (χ1v) is 7.96. The van der Waals surface area contributed by atoms with E-state index in [0.717, 1.165) is 29.9 Å². The predicted molar refractivity (Wildman–Crippen MR) is 81.2 cm³/mol. The lowest BCUT2D eigenvalue weighted by atomic mass is 10.1. The summed E-state index contributed by atoms with van der Waals surface area (Å²) in [6.45, 7) is 0.745. The minimum Gasteiger partial charge on any atom is -0.282 e. The van der Waals surface area contributed by atoms with Crippen molar-refractivity contribution >= 4 is 21.5 Å². The van der Waals surface area contributed by atoms with Crippen LogP contribution in [0.2, 0.25) is 0 Å². The van der Waals surface area contributed by atoms with Gasteiger partial charge in [0, 0.05) is 13.0 Å². The summed E-state index contributed by atoms with van der Waals surface area (Å²) in [6, 6.07) is 16.0. The van der Waals surface area contributed by atoms with E-state index < -0.39 is 10.1 Å². The van der Waals surface area contributed by atoms with Crippen LogP contribution in [0.3, 0.4) is 0 Å². The highest BCUT2D eigenvalue weighted by Crippen LogP contribution is 2.23. The van der Waals surface area contributed by atoms with Crippen molar-refractivity contribution in [1.29, 1.82) is 0 Å². The fraction of sp³-hybridized carbons (Fsp3) is 0.133. The maximum absolute atomic E-state index is 11.0. The van der Waals surface area contributed by atoms with Gasteiger partial charge in [0.05, 0.1) is 16.3 Å². The molecule has 0 spiro atoms. The van der Waals surface area contributed by atoms with E-state index in [-0.39, 0.29) is 4.90 Å². The molecule has 0 aliphatic carbocycles. The van der Waals surface area contributed by atoms with Crippen molar-refractivity contribution < 1.29 is 13.0 Å². The smallest absolute Gasteiger partial charge is 0.282 e. The number of hydrogen-bond donors (Lipinski definition) is 1. The summed E-state index contributed by atoms with van der Waals surface area (Å²) in [5.41, 5.74) is 2.90. The number of anilines is 1. The molecule has 1 aliphatic rings. The molecule has 0 unspecified atom stereocenters. The van der Waals surface area contributed by atoms with Gasteiger partial charge in [-0.15, -0.1) is 0 Å². The van der Waals surface area contributed by atoms with E-state index in [1.165, 1.54) is 12.1 Å². The van der Waals surface area contributed by atoms with Gasteiger partial charge in [0.15, 0.2) is 0 Å². The van der Waals surface area contributed by atoms with Gasteiger partial charge in [-0.05, 0) is 29.8 Å². The highest BCUT2D eigenvalue weighted by atomic mass is 32.2. The lowest BCUT2D eigenvalue weighted by Crippen LogP contribution is -2.11. The highest BCUT2D eigenvalue weighted by Gasteiger charge is 2.18. The summed E-state index contributed by atoms with van der Waals surface area (Å²) in [6.07, 6.45) is 0.837. The van der Waals surface area contributed by atoms with Gasteiger partial charge in [-0.2, -0.15) is 13.5 Å². The number of benzene rings is 2. The SMILES string of the molecule is O=S(=O)(O)c1ccc(N2CCC(c3ccccc3)=N2)cc1. The Bertz CT molecular complexity index is 768. The maximum Gasteiger partial charge on any atom is 0.294 e. The first kappa shape index (κ1) is 13.8. The van der Waals surface area contributed by atoms with Crippen LogP contribution in [-0.2, 0) is 10.1 Å². The van der Waals surface area contributed by atoms with Crippen LogP contribution in [0.25, 0.3) is 0 Å². The van der Waals surface area contributed by atoms with Crippen molar-refractivity contribution in [2.75, 3.05) is 11.6 Å². The van der Waals surface area contributed by atoms with E-state index in [4.69, 9.17) is 4.55 Å². The molecular formula is C15H14N2O3S. The monoisotopic (exact) mass is 302 g/mol. The van der Waals surface area contributed by atoms with Gasteiger partial charge in [-0.1, -0.05) is 30.3 Å². The first-order chi connectivity index (χ1) is 10.0. The van der Waals surface area contributed by atoms with Crippen LogP contribution in [0.5, 0.6) is 0 Å². The third kappa shape index (κ3) is 2.96. The molecule has 3 rings (SSSR count). The molecule has 108 valence electrons. The Morgan fingerprint density at radius 1 is 1.00 bits per heavy atom. The van der Waals surface area contributed by atoms with Crippen molar-refractivity contribution in [3.63, 3.8) is 0 Å². The van der Waals surface area contributed by atoms with Gasteiger partial charge >= 0.3 is 0 Å². The predicted octanol–water partition coefficient (Wildman–Crippen LogP) is 2.55. The third-order valence-corrected chi connectivity index (χ3v) is 4.21. The average molecular weight is 302 g/mol. The third-order valence-electron chi connectivity index (χ3n) is 3.34. The summed E-state index contributed by atoms with van der Waals surface area (Å²) < 4.78 is 31.0. The van der Waals surface area contributed by atoms with Crippen molar-refractivity contribution in [2.45, 2.75) is 11.3 Å². The average Bonchev–Trinajstić information content (AvgIpc) is 2.97. The first-order valence-electron chi connectivity index (χ1n) is 6.52. The number of hydrogen-bond acceptors (Lipinski definition) is 4. The summed E-state index contributed by atoms with van der Waals surface area (Å²) >= 11 is 0. The van der Waals surface area contributed by atoms with E-state index in [2.05, 4.69) is 5.10 Å². The second kappa shape index (κ2) is 5.31. The molecule has 0 bridgehead atoms. The molecule has 21 heavy (non-hydrogen) atoms. The van der Waals surface area contributed by atoms with Crippen LogP contribution in [0, 0.1) is 0 Å². The van der Waals surface area contributed by atoms with E-state index in [1.54, 1.807) is 12.1 Å². The Hall–Kier alpha value is -2.18. The van der Waals surface area contributed by atoms with Gasteiger partial charge in [0.25, 0.3) is 10.1 Å². The summed E-state index contributed by atoms with van der Waals surface area (Å²) in [5, 5.41) is 6.39. The summed E-state index contributed by atoms with van der Waals surface area (Å²) in [7, 11) is -4.15. The fourth-order valence-corrected chi connectivity index (χ4v) is 2.75. The Morgan fingerprint density at radius 2 is 1.67 bits per heavy atom. The molecule has 0 aromatic heterocycles. The highest BCUT2D eigenvalue weighted by molar-refractivity contribution is 7.85. The van der Waals surface area contributed by atoms with Crippen LogP contribution in [0.1, 0.15) is 12.0 Å². The molecule has 1 heterocycles. The van der Waals surface area contributed by atoms with E-state index in [0.29, 0.717) is 0 Å². The minimum absolute atomic E-state index is 0.113. The molecule has 0 fully saturated rings. The lowest BCUT2D eigenvalue weighted by molar-refractivity contribution is 0.483. The maximum atomic E-state index is 11.0. The molecule has 1 N–H and O–H groups in total. The van der Waals surface area contributed by atoms with E-state index in [1.807, 2.05) is 35.3 Å². The van der Waals surface area contributed by atoms with Crippen LogP contribution in [0.4, 0.5) is 5.69 Å². The molecule has 0 radical (unpaired) electrons. The van der Waals surface area contributed by atoms with Gasteiger partial charge < -0.3 is 0 Å². The van der Waals surface area contributed by atoms with E-state index >= 15 is 0 Å². The molecule has 6 heteroatoms. The second-order valence-electron chi connectivity index (χ2n) is 4.75. The Labute approximate surface area is 123 Å². The van der Waals surface area contributed by atoms with Gasteiger partial charge in [-0.25, -0.2) is 0 Å². The van der Waals surface area contributed by atoms with Crippen molar-refractivity contribution in [3.8, 4) is 0 Å². The number of rotatable bonds is 3. The van der Waals surface area contributed by atoms with Gasteiger partial charge in [-0.3, -0.25) is 9.56 Å². The second-order valence-corrected chi connectivity index (χ2v) is 6.18. The normalized spacial score (nSPS) is 15.1. The summed E-state index contributed by atoms with van der Waals surface area (Å²) in [4.78, 5) is -0.113. The van der Waals surface area contributed by atoms with Gasteiger partial charge in [0.1, 0.15) is 0 Å². The van der Waals surface area contributed by atoms with Crippen LogP contribution >= 0.6 is 0 Å². The van der Waals surface area contributed by atoms with E-state index in [9.17, 15) is 8.42 Å². The molecule has 0 amide bonds. The molecule has 5 nitrogen and oxygen atoms in total. The number of hydrazone groups is 1. The zero-order valence-corrected chi connectivity index (χ0v) is 12.0. The quantitative estimate of drug-likeness (QED) is 0.885. The topological polar surface area (TPSA) is 70.0 Å². The molecule has 2 aromatic carbocycles. The molecular weight excluding hydrogens is 288 g/mol. The zero-order chi connectivity index (χ0) is 14.9. The van der Waals surface area contributed by atoms with Crippen LogP contribution < -0.4 is 5.01 Å². The lowest BCUT2D eigenvalue weighted by Gasteiger charge is -2.13. The molecule has 0 atom stereocenters. The van der Waals surface area contributed by atoms with Crippen LogP contribution in [-0.4, -0.2) is 25.2 Å². The Kier molecular flexibility index (Phi) is 3.48. The molecule has 0 saturated carbocycles. The van der Waals surface area contributed by atoms with Crippen molar-refractivity contribution in [2.24, 2.45) is 5.10 Å². The fourth-order valence-electron chi connectivity index (χ4n) is 2.27. The minimum atomic E-state index is -4.15. The van der Waals surface area contributed by atoms with Crippen molar-refractivity contribution in [3.05, 3.63) is 60.2 Å². The standard InChI is InChI=1S/C15H14N2O3S/c18-21(19,20)14-8-6-13(7-9-14)17-11-10-15(16-17)12-4-2-1-3-5-12/h1-9H,10-11H2,(H,18,19,20). The largest absolute Gasteiger partial charge is 0.294 e. The Balaban J connectivity index is 1.84. The molecule has 1 aliphatic heterocycles. The molecule has 2 aromatic rings. The number of nitrogens with zero attached hydrogens (tertiary/aromatic N) is 2. The summed E-state index contributed by atoms with van der Waals surface area (Å²) in [5.74, 6) is 0. The van der Waals surface area contributed by atoms with Gasteiger partial charge in [0.2, 0.25) is 0 Å². The zero-order valence-electron chi connectivity index (χ0n) is 11.2. The van der Waals surface area contributed by atoms with Crippen LogP contribution in [0.15, 0.2) is 64.6 Å².